The van der Waals surface area contributed by atoms with Gasteiger partial charge in [-0.15, -0.1) is 0 Å². The molecular weight excluding hydrogens is 418 g/mol. The van der Waals surface area contributed by atoms with Crippen molar-refractivity contribution >= 4 is 11.7 Å². The van der Waals surface area contributed by atoms with E-state index in [0.717, 1.165) is 23.0 Å². The minimum atomic E-state index is -0.405. The van der Waals surface area contributed by atoms with Crippen LogP contribution in [0.1, 0.15) is 34.3 Å². The number of rotatable bonds is 5. The molecule has 33 heavy (non-hydrogen) atoms. The maximum Gasteiger partial charge on any atom is 0.332 e. The van der Waals surface area contributed by atoms with Gasteiger partial charge in [0.05, 0.1) is 18.2 Å². The first-order chi connectivity index (χ1) is 16.0. The molecule has 0 spiro atoms. The van der Waals surface area contributed by atoms with Crippen molar-refractivity contribution in [2.45, 2.75) is 25.4 Å². The lowest BCUT2D eigenvalue weighted by Gasteiger charge is -2.35. The van der Waals surface area contributed by atoms with Crippen LogP contribution in [0.2, 0.25) is 0 Å². The van der Waals surface area contributed by atoms with E-state index in [0.29, 0.717) is 30.0 Å². The summed E-state index contributed by atoms with van der Waals surface area (Å²) in [5.74, 6) is 0.396. The average Bonchev–Trinajstić information content (AvgIpc) is 2.85. The van der Waals surface area contributed by atoms with Gasteiger partial charge in [0.15, 0.2) is 0 Å². The first-order valence-corrected chi connectivity index (χ1v) is 10.9. The predicted octanol–water partition coefficient (Wildman–Crippen LogP) is 1.87. The van der Waals surface area contributed by atoms with Crippen molar-refractivity contribution in [3.8, 4) is 6.07 Å². The Morgan fingerprint density at radius 1 is 1.12 bits per heavy atom. The predicted molar refractivity (Wildman–Crippen MR) is 125 cm³/mol. The molecule has 3 aromatic rings. The summed E-state index contributed by atoms with van der Waals surface area (Å²) in [6.45, 7) is 1.45. The highest BCUT2D eigenvalue weighted by molar-refractivity contribution is 5.94. The fourth-order valence-corrected chi connectivity index (χ4v) is 4.10. The summed E-state index contributed by atoms with van der Waals surface area (Å²) >= 11 is 0. The normalized spacial score (nSPS) is 15.6. The molecule has 1 aliphatic heterocycles. The van der Waals surface area contributed by atoms with Crippen molar-refractivity contribution in [2.24, 2.45) is 7.05 Å². The van der Waals surface area contributed by atoms with Crippen LogP contribution >= 0.6 is 0 Å². The van der Waals surface area contributed by atoms with Crippen LogP contribution in [0, 0.1) is 11.3 Å². The first-order valence-electron chi connectivity index (χ1n) is 10.9. The van der Waals surface area contributed by atoms with Crippen LogP contribution in [-0.4, -0.2) is 34.2 Å². The molecule has 1 aromatic heterocycles. The second kappa shape index (κ2) is 9.57. The number of hydrogen-bond acceptors (Lipinski definition) is 5. The van der Waals surface area contributed by atoms with Gasteiger partial charge in [-0.25, -0.2) is 4.79 Å². The monoisotopic (exact) mass is 443 g/mol. The molecule has 0 radical (unpaired) electrons. The van der Waals surface area contributed by atoms with Gasteiger partial charge < -0.3 is 10.2 Å². The van der Waals surface area contributed by atoms with E-state index in [1.165, 1.54) is 13.1 Å². The van der Waals surface area contributed by atoms with E-state index >= 15 is 0 Å². The zero-order chi connectivity index (χ0) is 23.4. The van der Waals surface area contributed by atoms with Crippen molar-refractivity contribution in [1.82, 2.24) is 14.5 Å². The summed E-state index contributed by atoms with van der Waals surface area (Å²) in [7, 11) is 1.46. The average molecular weight is 444 g/mol. The maximum absolute atomic E-state index is 13.0. The van der Waals surface area contributed by atoms with Crippen LogP contribution in [-0.2, 0) is 13.6 Å². The van der Waals surface area contributed by atoms with E-state index in [9.17, 15) is 14.4 Å². The van der Waals surface area contributed by atoms with Gasteiger partial charge in [0.25, 0.3) is 11.5 Å². The molecule has 1 atom stereocenters. The number of amides is 1. The van der Waals surface area contributed by atoms with Gasteiger partial charge in [0.1, 0.15) is 5.82 Å². The second-order valence-corrected chi connectivity index (χ2v) is 8.20. The van der Waals surface area contributed by atoms with Gasteiger partial charge in [0, 0.05) is 37.8 Å². The smallest absolute Gasteiger partial charge is 0.332 e. The molecule has 2 heterocycles. The zero-order valence-electron chi connectivity index (χ0n) is 18.4. The number of carbonyl (C=O) groups is 1. The van der Waals surface area contributed by atoms with Gasteiger partial charge in [0.2, 0.25) is 0 Å². The Kier molecular flexibility index (Phi) is 6.41. The van der Waals surface area contributed by atoms with Gasteiger partial charge in [-0.2, -0.15) is 5.26 Å². The Balaban J connectivity index is 1.60. The van der Waals surface area contributed by atoms with Gasteiger partial charge in [-0.3, -0.25) is 18.7 Å². The van der Waals surface area contributed by atoms with Crippen LogP contribution in [0.4, 0.5) is 5.82 Å². The number of anilines is 1. The first kappa shape index (κ1) is 22.1. The summed E-state index contributed by atoms with van der Waals surface area (Å²) < 4.78 is 2.66. The third kappa shape index (κ3) is 4.88. The third-order valence-corrected chi connectivity index (χ3v) is 5.92. The van der Waals surface area contributed by atoms with Crippen molar-refractivity contribution in [2.75, 3.05) is 18.0 Å². The summed E-state index contributed by atoms with van der Waals surface area (Å²) in [4.78, 5) is 40.1. The summed E-state index contributed by atoms with van der Waals surface area (Å²) in [6.07, 6.45) is 1.64. The van der Waals surface area contributed by atoms with E-state index in [1.54, 1.807) is 41.0 Å². The highest BCUT2D eigenvalue weighted by Crippen LogP contribution is 2.19. The molecule has 0 saturated carbocycles. The Bertz CT molecular complexity index is 1300. The fraction of sp³-hybridized carbons (Fsp3) is 0.280. The third-order valence-electron chi connectivity index (χ3n) is 5.92. The van der Waals surface area contributed by atoms with Crippen molar-refractivity contribution in [3.63, 3.8) is 0 Å². The molecular formula is C25H25N5O3. The fourth-order valence-electron chi connectivity index (χ4n) is 4.10. The summed E-state index contributed by atoms with van der Waals surface area (Å²) in [6, 6.07) is 19.5. The van der Waals surface area contributed by atoms with E-state index in [4.69, 9.17) is 5.26 Å². The molecule has 1 amide bonds. The van der Waals surface area contributed by atoms with Crippen LogP contribution in [0.25, 0.3) is 0 Å². The summed E-state index contributed by atoms with van der Waals surface area (Å²) in [5.41, 5.74) is 1.21. The molecule has 0 bridgehead atoms. The van der Waals surface area contributed by atoms with E-state index in [1.807, 2.05) is 23.1 Å². The number of carbonyl (C=O) groups excluding carboxylic acids is 1. The van der Waals surface area contributed by atoms with Gasteiger partial charge >= 0.3 is 5.69 Å². The van der Waals surface area contributed by atoms with Crippen molar-refractivity contribution in [3.05, 3.63) is 98.2 Å². The van der Waals surface area contributed by atoms with Gasteiger partial charge in [-0.05, 0) is 42.7 Å². The largest absolute Gasteiger partial charge is 0.356 e. The maximum atomic E-state index is 13.0. The lowest BCUT2D eigenvalue weighted by Crippen LogP contribution is -2.50. The zero-order valence-corrected chi connectivity index (χ0v) is 18.4. The molecule has 1 fully saturated rings. The number of nitriles is 1. The summed E-state index contributed by atoms with van der Waals surface area (Å²) in [5, 5.41) is 12.1. The van der Waals surface area contributed by atoms with E-state index in [-0.39, 0.29) is 24.1 Å². The molecule has 2 aromatic carbocycles. The minimum Gasteiger partial charge on any atom is -0.356 e. The quantitative estimate of drug-likeness (QED) is 0.649. The Hall–Kier alpha value is -4.12. The number of nitrogens with one attached hydrogen (secondary N) is 1. The molecule has 168 valence electrons. The Labute approximate surface area is 191 Å². The minimum absolute atomic E-state index is 0.103. The highest BCUT2D eigenvalue weighted by Gasteiger charge is 2.25. The molecule has 8 nitrogen and oxygen atoms in total. The topological polar surface area (TPSA) is 100 Å². The molecule has 1 aliphatic rings. The van der Waals surface area contributed by atoms with Crippen molar-refractivity contribution < 1.29 is 4.79 Å². The molecule has 1 unspecified atom stereocenters. The molecule has 1 saturated heterocycles. The molecule has 0 aliphatic carbocycles. The lowest BCUT2D eigenvalue weighted by atomic mass is 10.0. The number of nitrogens with zero attached hydrogens (tertiary/aromatic N) is 4. The molecule has 8 heteroatoms. The van der Waals surface area contributed by atoms with Gasteiger partial charge in [-0.1, -0.05) is 30.3 Å². The Morgan fingerprint density at radius 2 is 1.85 bits per heavy atom. The number of hydrogen-bond donors (Lipinski definition) is 1. The van der Waals surface area contributed by atoms with Crippen LogP contribution in [0.5, 0.6) is 0 Å². The number of piperidine rings is 1. The van der Waals surface area contributed by atoms with Crippen LogP contribution in [0.3, 0.4) is 0 Å². The standard InChI is InChI=1S/C25H25N5O3/c1-28-23(31)14-22(30(25(28)33)16-19-11-9-18(15-26)10-12-19)29-13-5-8-21(17-29)27-24(32)20-6-3-2-4-7-20/h2-4,6-7,9-12,14,21H,5,8,13,16-17H2,1H3,(H,27,32). The number of aromatic nitrogens is 2. The van der Waals surface area contributed by atoms with E-state index < -0.39 is 5.69 Å². The SMILES string of the molecule is Cn1c(=O)cc(N2CCCC(NC(=O)c3ccccc3)C2)n(Cc2ccc(C#N)cc2)c1=O. The highest BCUT2D eigenvalue weighted by atomic mass is 16.2. The van der Waals surface area contributed by atoms with Crippen molar-refractivity contribution in [1.29, 1.82) is 5.26 Å². The second-order valence-electron chi connectivity index (χ2n) is 8.20. The van der Waals surface area contributed by atoms with Crippen LogP contribution < -0.4 is 21.5 Å². The molecule has 4 rings (SSSR count). The lowest BCUT2D eigenvalue weighted by molar-refractivity contribution is 0.0933. The van der Waals surface area contributed by atoms with Crippen LogP contribution in [0.15, 0.2) is 70.3 Å². The molecule has 1 N–H and O–H groups in total. The van der Waals surface area contributed by atoms with E-state index in [2.05, 4.69) is 11.4 Å². The number of benzene rings is 2. The Morgan fingerprint density at radius 3 is 2.55 bits per heavy atom.